The summed E-state index contributed by atoms with van der Waals surface area (Å²) in [5.74, 6) is -12.1. The fraction of sp³-hybridized carbons (Fsp3) is 0.400. The van der Waals surface area contributed by atoms with Crippen molar-refractivity contribution in [1.82, 2.24) is 0 Å². The molecule has 1 radical (unpaired) electrons. The fourth-order valence-electron chi connectivity index (χ4n) is 1.28. The molecule has 0 aliphatic carbocycles. The molecule has 0 nitrogen and oxygen atoms in total. The maximum absolute atomic E-state index is 13.2. The lowest BCUT2D eigenvalue weighted by Gasteiger charge is -2.17. The molecule has 0 bridgehead atoms. The minimum absolute atomic E-state index is 0.0896. The second-order valence-corrected chi connectivity index (χ2v) is 3.21. The molecule has 0 aliphatic heterocycles. The molecule has 0 saturated heterocycles. The van der Waals surface area contributed by atoms with Gasteiger partial charge in [-0.2, -0.15) is 0 Å². The zero-order chi connectivity index (χ0) is 12.5. The molecule has 1 aromatic carbocycles. The summed E-state index contributed by atoms with van der Waals surface area (Å²) < 4.78 is 77.6. The van der Waals surface area contributed by atoms with E-state index in [1.54, 1.807) is 0 Å². The molecule has 0 amide bonds. The summed E-state index contributed by atoms with van der Waals surface area (Å²) in [6.45, 7) is 1.35. The van der Waals surface area contributed by atoms with Crippen molar-refractivity contribution in [2.24, 2.45) is 0 Å². The highest BCUT2D eigenvalue weighted by atomic mass is 19.3. The van der Waals surface area contributed by atoms with Gasteiger partial charge in [-0.05, 0) is 0 Å². The van der Waals surface area contributed by atoms with Crippen LogP contribution in [0.1, 0.15) is 25.3 Å². The van der Waals surface area contributed by atoms with Gasteiger partial charge < -0.3 is 0 Å². The highest BCUT2D eigenvalue weighted by Crippen LogP contribution is 2.37. The van der Waals surface area contributed by atoms with Crippen molar-refractivity contribution in [3.05, 3.63) is 34.9 Å². The van der Waals surface area contributed by atoms with Gasteiger partial charge in [0.15, 0.2) is 23.3 Å². The van der Waals surface area contributed by atoms with E-state index in [9.17, 15) is 26.3 Å². The van der Waals surface area contributed by atoms with Crippen LogP contribution in [0.3, 0.4) is 0 Å². The van der Waals surface area contributed by atoms with Gasteiger partial charge in [0.2, 0.25) is 0 Å². The van der Waals surface area contributed by atoms with E-state index in [-0.39, 0.29) is 6.42 Å². The van der Waals surface area contributed by atoms with E-state index in [1.165, 1.54) is 6.92 Å². The first-order valence-corrected chi connectivity index (χ1v) is 4.44. The number of benzene rings is 1. The van der Waals surface area contributed by atoms with Crippen LogP contribution in [-0.2, 0) is 5.92 Å². The zero-order valence-corrected chi connectivity index (χ0v) is 8.18. The Morgan fingerprint density at radius 2 is 1.44 bits per heavy atom. The van der Waals surface area contributed by atoms with Gasteiger partial charge in [0.25, 0.3) is 5.92 Å². The van der Waals surface area contributed by atoms with Crippen molar-refractivity contribution >= 4 is 0 Å². The van der Waals surface area contributed by atoms with Gasteiger partial charge in [0.05, 0.1) is 11.6 Å². The lowest BCUT2D eigenvalue weighted by molar-refractivity contribution is -0.0222. The Hall–Kier alpha value is -1.20. The fourth-order valence-corrected chi connectivity index (χ4v) is 1.28. The predicted octanol–water partition coefficient (Wildman–Crippen LogP) is 3.94. The van der Waals surface area contributed by atoms with E-state index in [2.05, 4.69) is 0 Å². The minimum atomic E-state index is -3.94. The van der Waals surface area contributed by atoms with Gasteiger partial charge in [-0.15, -0.1) is 0 Å². The highest BCUT2D eigenvalue weighted by Gasteiger charge is 2.39. The van der Waals surface area contributed by atoms with Gasteiger partial charge in [-0.25, -0.2) is 26.3 Å². The summed E-state index contributed by atoms with van der Waals surface area (Å²) in [4.78, 5) is 0. The minimum Gasteiger partial charge on any atom is -0.203 e. The molecule has 0 aromatic heterocycles. The van der Waals surface area contributed by atoms with Crippen LogP contribution in [-0.4, -0.2) is 0 Å². The predicted molar refractivity (Wildman–Crippen MR) is 43.9 cm³/mol. The third-order valence-electron chi connectivity index (χ3n) is 1.97. The van der Waals surface area contributed by atoms with Crippen LogP contribution in [0.5, 0.6) is 0 Å². The van der Waals surface area contributed by atoms with Gasteiger partial charge in [0, 0.05) is 6.42 Å². The largest absolute Gasteiger partial charge is 0.279 e. The van der Waals surface area contributed by atoms with Gasteiger partial charge >= 0.3 is 0 Å². The van der Waals surface area contributed by atoms with Crippen LogP contribution in [0, 0.1) is 29.3 Å². The lowest BCUT2D eigenvalue weighted by atomic mass is 10.0. The number of alkyl halides is 2. The highest BCUT2D eigenvalue weighted by molar-refractivity contribution is 5.26. The van der Waals surface area contributed by atoms with E-state index in [0.717, 1.165) is 6.07 Å². The molecule has 0 spiro atoms. The van der Waals surface area contributed by atoms with E-state index in [4.69, 9.17) is 0 Å². The summed E-state index contributed by atoms with van der Waals surface area (Å²) in [5.41, 5.74) is -1.87. The summed E-state index contributed by atoms with van der Waals surface area (Å²) in [6, 6.07) is 1.04. The van der Waals surface area contributed by atoms with E-state index < -0.39 is 41.2 Å². The lowest BCUT2D eigenvalue weighted by Crippen LogP contribution is -2.19. The molecule has 0 heterocycles. The molecule has 0 aliphatic rings. The second kappa shape index (κ2) is 4.35. The Balaban J connectivity index is 3.42. The smallest absolute Gasteiger partial charge is 0.203 e. The van der Waals surface area contributed by atoms with Crippen LogP contribution < -0.4 is 0 Å². The second-order valence-electron chi connectivity index (χ2n) is 3.21. The third-order valence-corrected chi connectivity index (χ3v) is 1.97. The standard InChI is InChI=1S/C10H7F6/c1-2-3-10(15,16)7-8(13)5(11)4-6(12)9(7)14/h2-3H2,1H3. The van der Waals surface area contributed by atoms with E-state index >= 15 is 0 Å². The number of hydrogen-bond acceptors (Lipinski definition) is 0. The van der Waals surface area contributed by atoms with Crippen molar-refractivity contribution in [2.75, 3.05) is 0 Å². The maximum atomic E-state index is 13.2. The first-order chi connectivity index (χ1) is 7.31. The average Bonchev–Trinajstić information content (AvgIpc) is 2.14. The first kappa shape index (κ1) is 12.9. The third kappa shape index (κ3) is 2.15. The Morgan fingerprint density at radius 3 is 1.81 bits per heavy atom. The molecule has 0 saturated carbocycles. The molecule has 0 N–H and O–H groups in total. The molecule has 0 unspecified atom stereocenters. The Bertz CT molecular complexity index is 373. The molecule has 6 heteroatoms. The Labute approximate surface area is 87.9 Å². The van der Waals surface area contributed by atoms with Crippen LogP contribution in [0.15, 0.2) is 0 Å². The van der Waals surface area contributed by atoms with Crippen molar-refractivity contribution in [3.63, 3.8) is 0 Å². The van der Waals surface area contributed by atoms with Crippen LogP contribution in [0.4, 0.5) is 26.3 Å². The van der Waals surface area contributed by atoms with Crippen molar-refractivity contribution in [3.8, 4) is 0 Å². The van der Waals surface area contributed by atoms with Crippen LogP contribution in [0.25, 0.3) is 0 Å². The number of halogens is 6. The molecule has 1 rings (SSSR count). The quantitative estimate of drug-likeness (QED) is 0.555. The van der Waals surface area contributed by atoms with Crippen molar-refractivity contribution in [2.45, 2.75) is 25.7 Å². The summed E-state index contributed by atoms with van der Waals surface area (Å²) in [6.07, 6.45) is -0.989. The van der Waals surface area contributed by atoms with Crippen LogP contribution >= 0.6 is 0 Å². The molecule has 1 aromatic rings. The Morgan fingerprint density at radius 1 is 1.00 bits per heavy atom. The zero-order valence-electron chi connectivity index (χ0n) is 8.18. The van der Waals surface area contributed by atoms with E-state index in [0.29, 0.717) is 0 Å². The molecule has 0 atom stereocenters. The SMILES string of the molecule is CCCC(F)(F)c1c(F)c(F)[c]c(F)c1F. The average molecular weight is 241 g/mol. The number of hydrogen-bond donors (Lipinski definition) is 0. The molecule has 0 fully saturated rings. The molecular formula is C10H7F6. The Kier molecular flexibility index (Phi) is 3.50. The van der Waals surface area contributed by atoms with Crippen LogP contribution in [0.2, 0.25) is 0 Å². The summed E-state index contributed by atoms with van der Waals surface area (Å²) in [7, 11) is 0. The monoisotopic (exact) mass is 241 g/mol. The van der Waals surface area contributed by atoms with Crippen molar-refractivity contribution < 1.29 is 26.3 Å². The molecule has 89 valence electrons. The summed E-state index contributed by atoms with van der Waals surface area (Å²) >= 11 is 0. The van der Waals surface area contributed by atoms with Gasteiger partial charge in [-0.3, -0.25) is 0 Å². The topological polar surface area (TPSA) is 0 Å². The summed E-state index contributed by atoms with van der Waals surface area (Å²) in [5, 5.41) is 0. The first-order valence-electron chi connectivity index (χ1n) is 4.44. The van der Waals surface area contributed by atoms with E-state index in [1.807, 2.05) is 0 Å². The van der Waals surface area contributed by atoms with Crippen molar-refractivity contribution in [1.29, 1.82) is 0 Å². The van der Waals surface area contributed by atoms with Gasteiger partial charge in [0.1, 0.15) is 0 Å². The normalized spacial score (nSPS) is 11.9. The molecular weight excluding hydrogens is 234 g/mol. The molecule has 16 heavy (non-hydrogen) atoms. The van der Waals surface area contributed by atoms with Gasteiger partial charge in [-0.1, -0.05) is 13.3 Å². The number of rotatable bonds is 3. The maximum Gasteiger partial charge on any atom is 0.279 e.